The lowest BCUT2D eigenvalue weighted by Gasteiger charge is -2.19. The number of nitrogens with one attached hydrogen (secondary N) is 1. The van der Waals surface area contributed by atoms with Crippen LogP contribution in [-0.4, -0.2) is 11.9 Å². The van der Waals surface area contributed by atoms with Crippen LogP contribution in [0.15, 0.2) is 24.3 Å². The number of carbonyl (C=O) groups is 1. The third-order valence-electron chi connectivity index (χ3n) is 3.23. The minimum absolute atomic E-state index is 0.0149. The zero-order valence-corrected chi connectivity index (χ0v) is 11.4. The van der Waals surface area contributed by atoms with Crippen LogP contribution in [0.3, 0.4) is 0 Å². The van der Waals surface area contributed by atoms with Gasteiger partial charge in [0, 0.05) is 17.5 Å². The summed E-state index contributed by atoms with van der Waals surface area (Å²) >= 11 is 5.70. The van der Waals surface area contributed by atoms with Crippen molar-refractivity contribution in [3.8, 4) is 0 Å². The molecule has 94 valence electrons. The van der Waals surface area contributed by atoms with Gasteiger partial charge in [0.1, 0.15) is 0 Å². The Morgan fingerprint density at radius 2 is 1.88 bits per heavy atom. The van der Waals surface area contributed by atoms with Crippen LogP contribution in [0.1, 0.15) is 43.1 Å². The van der Waals surface area contributed by atoms with Gasteiger partial charge in [-0.1, -0.05) is 32.4 Å². The summed E-state index contributed by atoms with van der Waals surface area (Å²) < 4.78 is 0. The highest BCUT2D eigenvalue weighted by Crippen LogP contribution is 2.10. The van der Waals surface area contributed by atoms with Gasteiger partial charge < -0.3 is 5.32 Å². The van der Waals surface area contributed by atoms with Crippen LogP contribution in [0.2, 0.25) is 0 Å². The molecule has 0 spiro atoms. The molecule has 1 rings (SSSR count). The summed E-state index contributed by atoms with van der Waals surface area (Å²) in [7, 11) is 0. The number of hydrogen-bond donors (Lipinski definition) is 1. The van der Waals surface area contributed by atoms with E-state index in [1.165, 1.54) is 0 Å². The fourth-order valence-corrected chi connectivity index (χ4v) is 1.71. The molecule has 0 radical (unpaired) electrons. The second-order valence-corrected chi connectivity index (χ2v) is 4.75. The summed E-state index contributed by atoms with van der Waals surface area (Å²) in [6.45, 7) is 6.31. The lowest BCUT2D eigenvalue weighted by molar-refractivity contribution is 0.0928. The second kappa shape index (κ2) is 6.65. The van der Waals surface area contributed by atoms with E-state index >= 15 is 0 Å². The molecular weight excluding hydrogens is 234 g/mol. The molecule has 0 heterocycles. The van der Waals surface area contributed by atoms with Gasteiger partial charge in [0.25, 0.3) is 5.91 Å². The normalized spacial score (nSPS) is 14.1. The Balaban J connectivity index is 2.63. The van der Waals surface area contributed by atoms with Crippen molar-refractivity contribution in [1.82, 2.24) is 5.32 Å². The van der Waals surface area contributed by atoms with E-state index in [2.05, 4.69) is 19.2 Å². The summed E-state index contributed by atoms with van der Waals surface area (Å²) in [4.78, 5) is 11.9. The number of alkyl halides is 1. The number of carbonyl (C=O) groups excluding carboxylic acids is 1. The third kappa shape index (κ3) is 4.04. The number of hydrogen-bond acceptors (Lipinski definition) is 1. The van der Waals surface area contributed by atoms with Crippen molar-refractivity contribution in [2.45, 2.75) is 39.1 Å². The molecule has 3 heteroatoms. The van der Waals surface area contributed by atoms with Gasteiger partial charge >= 0.3 is 0 Å². The van der Waals surface area contributed by atoms with Crippen molar-refractivity contribution in [2.24, 2.45) is 5.92 Å². The Hall–Kier alpha value is -1.02. The summed E-state index contributed by atoms with van der Waals surface area (Å²) in [5.41, 5.74) is 1.72. The van der Waals surface area contributed by atoms with E-state index < -0.39 is 0 Å². The van der Waals surface area contributed by atoms with Crippen LogP contribution in [0.25, 0.3) is 0 Å². The minimum atomic E-state index is -0.0149. The maximum Gasteiger partial charge on any atom is 0.251 e. The van der Waals surface area contributed by atoms with Crippen molar-refractivity contribution < 1.29 is 4.79 Å². The van der Waals surface area contributed by atoms with E-state index in [0.717, 1.165) is 12.0 Å². The average Bonchev–Trinajstić information content (AvgIpc) is 2.37. The van der Waals surface area contributed by atoms with Gasteiger partial charge in [-0.3, -0.25) is 4.79 Å². The van der Waals surface area contributed by atoms with Crippen LogP contribution in [0.5, 0.6) is 0 Å². The number of amides is 1. The van der Waals surface area contributed by atoms with Crippen molar-refractivity contribution in [3.63, 3.8) is 0 Å². The zero-order chi connectivity index (χ0) is 12.8. The topological polar surface area (TPSA) is 29.1 Å². The molecule has 0 bridgehead atoms. The lowest BCUT2D eigenvalue weighted by atomic mass is 10.0. The summed E-state index contributed by atoms with van der Waals surface area (Å²) in [5, 5.41) is 3.01. The molecule has 0 aliphatic rings. The smallest absolute Gasteiger partial charge is 0.251 e. The Bertz CT molecular complexity index is 361. The Kier molecular flexibility index (Phi) is 5.49. The van der Waals surface area contributed by atoms with E-state index in [1.807, 2.05) is 31.2 Å². The molecule has 0 aliphatic carbocycles. The molecule has 0 fully saturated rings. The molecule has 2 unspecified atom stereocenters. The molecule has 0 aromatic heterocycles. The van der Waals surface area contributed by atoms with Crippen molar-refractivity contribution in [3.05, 3.63) is 35.4 Å². The van der Waals surface area contributed by atoms with Gasteiger partial charge in [0.05, 0.1) is 0 Å². The SMILES string of the molecule is CCC(C)C(C)NC(=O)c1ccc(CCl)cc1. The van der Waals surface area contributed by atoms with Gasteiger partial charge in [-0.25, -0.2) is 0 Å². The molecule has 0 aliphatic heterocycles. The number of benzene rings is 1. The molecule has 1 N–H and O–H groups in total. The van der Waals surface area contributed by atoms with Crippen LogP contribution in [-0.2, 0) is 5.88 Å². The van der Waals surface area contributed by atoms with E-state index in [9.17, 15) is 4.79 Å². The molecular formula is C14H20ClNO. The monoisotopic (exact) mass is 253 g/mol. The highest BCUT2D eigenvalue weighted by atomic mass is 35.5. The Morgan fingerprint density at radius 3 is 2.35 bits per heavy atom. The van der Waals surface area contributed by atoms with Crippen molar-refractivity contribution >= 4 is 17.5 Å². The van der Waals surface area contributed by atoms with Gasteiger partial charge in [-0.15, -0.1) is 11.6 Å². The van der Waals surface area contributed by atoms with Gasteiger partial charge in [0.2, 0.25) is 0 Å². The molecule has 1 amide bonds. The fraction of sp³-hybridized carbons (Fsp3) is 0.500. The average molecular weight is 254 g/mol. The van der Waals surface area contributed by atoms with Crippen LogP contribution in [0.4, 0.5) is 0 Å². The van der Waals surface area contributed by atoms with Crippen molar-refractivity contribution in [1.29, 1.82) is 0 Å². The maximum absolute atomic E-state index is 11.9. The molecule has 1 aromatic carbocycles. The largest absolute Gasteiger partial charge is 0.349 e. The molecule has 2 nitrogen and oxygen atoms in total. The highest BCUT2D eigenvalue weighted by Gasteiger charge is 2.14. The first-order valence-corrected chi connectivity index (χ1v) is 6.57. The quantitative estimate of drug-likeness (QED) is 0.799. The minimum Gasteiger partial charge on any atom is -0.349 e. The first-order chi connectivity index (χ1) is 8.08. The molecule has 2 atom stereocenters. The predicted molar refractivity (Wildman–Crippen MR) is 72.4 cm³/mol. The van der Waals surface area contributed by atoms with Crippen molar-refractivity contribution in [2.75, 3.05) is 0 Å². The number of halogens is 1. The van der Waals surface area contributed by atoms with Crippen LogP contribution < -0.4 is 5.32 Å². The first kappa shape index (κ1) is 14.0. The highest BCUT2D eigenvalue weighted by molar-refractivity contribution is 6.17. The van der Waals surface area contributed by atoms with Crippen LogP contribution >= 0.6 is 11.6 Å². The summed E-state index contributed by atoms with van der Waals surface area (Å²) in [6.07, 6.45) is 1.06. The number of rotatable bonds is 5. The maximum atomic E-state index is 11.9. The third-order valence-corrected chi connectivity index (χ3v) is 3.54. The Morgan fingerprint density at radius 1 is 1.29 bits per heavy atom. The molecule has 17 heavy (non-hydrogen) atoms. The van der Waals surface area contributed by atoms with E-state index in [4.69, 9.17) is 11.6 Å². The summed E-state index contributed by atoms with van der Waals surface area (Å²) in [5.74, 6) is 0.950. The molecule has 0 saturated heterocycles. The van der Waals surface area contributed by atoms with Gasteiger partial charge in [-0.2, -0.15) is 0 Å². The standard InChI is InChI=1S/C14H20ClNO/c1-4-10(2)11(3)16-14(17)13-7-5-12(9-15)6-8-13/h5-8,10-11H,4,9H2,1-3H3,(H,16,17). The molecule has 0 saturated carbocycles. The van der Waals surface area contributed by atoms with E-state index in [1.54, 1.807) is 0 Å². The molecule has 1 aromatic rings. The second-order valence-electron chi connectivity index (χ2n) is 4.48. The lowest BCUT2D eigenvalue weighted by Crippen LogP contribution is -2.36. The van der Waals surface area contributed by atoms with Gasteiger partial charge in [-0.05, 0) is 30.5 Å². The predicted octanol–water partition coefficient (Wildman–Crippen LogP) is 3.59. The van der Waals surface area contributed by atoms with E-state index in [-0.39, 0.29) is 11.9 Å². The first-order valence-electron chi connectivity index (χ1n) is 6.04. The zero-order valence-electron chi connectivity index (χ0n) is 10.7. The summed E-state index contributed by atoms with van der Waals surface area (Å²) in [6, 6.07) is 7.60. The fourth-order valence-electron chi connectivity index (χ4n) is 1.53. The van der Waals surface area contributed by atoms with Gasteiger partial charge in [0.15, 0.2) is 0 Å². The Labute approximate surface area is 108 Å². The van der Waals surface area contributed by atoms with Crippen LogP contribution in [0, 0.1) is 5.92 Å². The van der Waals surface area contributed by atoms with E-state index in [0.29, 0.717) is 17.4 Å².